The summed E-state index contributed by atoms with van der Waals surface area (Å²) in [7, 11) is -8.56. The Kier molecular flexibility index (Phi) is 28.1. The summed E-state index contributed by atoms with van der Waals surface area (Å²) in [6, 6.07) is 18.6. The maximum atomic E-state index is 13.9. The van der Waals surface area contributed by atoms with Gasteiger partial charge in [-0.25, -0.2) is 43.7 Å². The average Bonchev–Trinajstić information content (AvgIpc) is 1.09. The summed E-state index contributed by atoms with van der Waals surface area (Å²) < 4.78 is 109. The van der Waals surface area contributed by atoms with E-state index in [0.29, 0.717) is 46.5 Å². The second-order valence-electron chi connectivity index (χ2n) is 29.7. The van der Waals surface area contributed by atoms with Gasteiger partial charge in [-0.05, 0) is 164 Å². The number of hydrogen-bond donors (Lipinski definition) is 1. The molecule has 92 heavy (non-hydrogen) atoms. The molecule has 1 atom stereocenters. The van der Waals surface area contributed by atoms with Gasteiger partial charge in [-0.2, -0.15) is 10.1 Å². The van der Waals surface area contributed by atoms with Gasteiger partial charge in [0.15, 0.2) is 30.5 Å². The lowest BCUT2D eigenvalue weighted by molar-refractivity contribution is -0.0797. The molecule has 0 radical (unpaired) electrons. The first-order valence-electron chi connectivity index (χ1n) is 30.9. The molecule has 6 aromatic rings. The minimum Gasteiger partial charge on any atom is -0.373 e. The van der Waals surface area contributed by atoms with Gasteiger partial charge in [-0.3, -0.25) is 4.98 Å². The number of sulfonamides is 1. The molecule has 17 nitrogen and oxygen atoms in total. The van der Waals surface area contributed by atoms with Crippen LogP contribution >= 0.6 is 11.3 Å². The lowest BCUT2D eigenvalue weighted by Crippen LogP contribution is -2.40. The van der Waals surface area contributed by atoms with Crippen molar-refractivity contribution in [2.75, 3.05) is 44.1 Å². The number of hydrogen-bond acceptors (Lipinski definition) is 17. The standard InChI is InChI=1S/C16H29N3O2.C12H14FN3.C12H18O2S.C11H16FNO2S.C11H17NO2S.C7H11NS/c1-11(2)14-17-15(21-18-14)19-9-7-13(8-10-19)12(3)20-16(4,5)6;1-12(2,3)9-5-4-8(6-10(9)13)11-7-14-16-15-11;1-9-8-10(15(5,13)14)6-7-11(9)12(2,3)4;1-11(2,3)9-6-5-8(7-10(9)12)16(14,15)13-4;1-8-9(11(2,3)4)6-7-10(12-8)15(5,13)14;1-7(2,3)6-4-8-5-9-6/h11-13H,7-10H2,1-6H3;4-6H,7H2,1-3H3;6-8H,1-5H3;5-7,13H,1-4H3;6-7H,1-5H3;4-5H,1-3H3. The van der Waals surface area contributed by atoms with E-state index in [9.17, 15) is 34.0 Å². The summed E-state index contributed by atoms with van der Waals surface area (Å²) in [4.78, 5) is 16.5. The molecule has 1 unspecified atom stereocenters. The van der Waals surface area contributed by atoms with Crippen LogP contribution < -0.4 is 9.62 Å². The Balaban J connectivity index is 0.000000292. The number of rotatable bonds is 9. The molecule has 0 aliphatic carbocycles. The smallest absolute Gasteiger partial charge is 0.324 e. The normalized spacial score (nSPS) is 14.7. The number of anilines is 1. The molecule has 3 aromatic carbocycles. The van der Waals surface area contributed by atoms with Crippen molar-refractivity contribution in [3.05, 3.63) is 140 Å². The van der Waals surface area contributed by atoms with Gasteiger partial charge in [-0.1, -0.05) is 153 Å². The lowest BCUT2D eigenvalue weighted by Gasteiger charge is -2.36. The zero-order valence-electron chi connectivity index (χ0n) is 59.5. The van der Waals surface area contributed by atoms with Crippen LogP contribution in [0.15, 0.2) is 113 Å². The van der Waals surface area contributed by atoms with Gasteiger partial charge >= 0.3 is 6.01 Å². The first kappa shape index (κ1) is 80.5. The molecule has 3 aromatic heterocycles. The average molecular weight is 1350 g/mol. The van der Waals surface area contributed by atoms with Gasteiger partial charge in [0.2, 0.25) is 10.0 Å². The monoisotopic (exact) mass is 1350 g/mol. The van der Waals surface area contributed by atoms with E-state index in [1.807, 2.05) is 91.4 Å². The SMILES string of the molecule is CC(C)(C)c1ccc(C2=NN=NC2)cc1F.CC(C)(C)c1cncs1.CC(C)c1noc(N2CCC(C(C)OC(C)(C)C)CC2)n1.CNS(=O)(=O)c1ccc(C(C)(C)C)c(F)c1.Cc1cc(S(C)(=O)=O)ccc1C(C)(C)C.Cc1nc(S(C)(=O)=O)ccc1C(C)(C)C. The number of piperidine rings is 1. The third-order valence-corrected chi connectivity index (χ3v) is 19.4. The van der Waals surface area contributed by atoms with E-state index in [1.54, 1.807) is 29.5 Å². The molecule has 1 fully saturated rings. The van der Waals surface area contributed by atoms with Gasteiger partial charge in [0.05, 0.1) is 32.7 Å². The highest BCUT2D eigenvalue weighted by Gasteiger charge is 2.30. The van der Waals surface area contributed by atoms with Crippen molar-refractivity contribution in [1.29, 1.82) is 0 Å². The van der Waals surface area contributed by atoms with Gasteiger partial charge < -0.3 is 14.2 Å². The molecule has 512 valence electrons. The molecular weight excluding hydrogens is 1250 g/mol. The minimum atomic E-state index is -3.57. The maximum absolute atomic E-state index is 13.9. The highest BCUT2D eigenvalue weighted by atomic mass is 32.2. The first-order chi connectivity index (χ1) is 41.8. The Labute approximate surface area is 554 Å². The van der Waals surface area contributed by atoms with Crippen LogP contribution in [0.2, 0.25) is 0 Å². The highest BCUT2D eigenvalue weighted by Crippen LogP contribution is 2.32. The zero-order valence-corrected chi connectivity index (χ0v) is 62.8. The predicted octanol–water partition coefficient (Wildman–Crippen LogP) is 16.2. The molecule has 0 saturated carbocycles. The second kappa shape index (κ2) is 32.1. The van der Waals surface area contributed by atoms with Crippen LogP contribution in [-0.4, -0.2) is 102 Å². The molecule has 1 saturated heterocycles. The largest absolute Gasteiger partial charge is 0.373 e. The summed E-state index contributed by atoms with van der Waals surface area (Å²) in [5.41, 5.74) is 8.38. The molecule has 1 N–H and O–H groups in total. The summed E-state index contributed by atoms with van der Waals surface area (Å²) in [5, 5.41) is 15.3. The second-order valence-corrected chi connectivity index (χ2v) is 36.5. The van der Waals surface area contributed by atoms with Crippen molar-refractivity contribution >= 4 is 52.8 Å². The van der Waals surface area contributed by atoms with Crippen LogP contribution in [0.4, 0.5) is 14.8 Å². The number of aryl methyl sites for hydroxylation is 2. The summed E-state index contributed by atoms with van der Waals surface area (Å²) in [5.74, 6) is 1.01. The van der Waals surface area contributed by atoms with Crippen LogP contribution in [0.1, 0.15) is 214 Å². The number of aromatic nitrogens is 4. The van der Waals surface area contributed by atoms with Crippen molar-refractivity contribution in [3.8, 4) is 0 Å². The quantitative estimate of drug-likeness (QED) is 0.142. The van der Waals surface area contributed by atoms with Crippen LogP contribution in [0, 0.1) is 31.4 Å². The van der Waals surface area contributed by atoms with Gasteiger partial charge in [0.1, 0.15) is 18.2 Å². The zero-order chi connectivity index (χ0) is 70.6. The number of nitrogens with one attached hydrogen (secondary N) is 1. The van der Waals surface area contributed by atoms with E-state index >= 15 is 0 Å². The third-order valence-electron chi connectivity index (χ3n) is 14.7. The van der Waals surface area contributed by atoms with Crippen molar-refractivity contribution in [1.82, 2.24) is 24.8 Å². The summed E-state index contributed by atoms with van der Waals surface area (Å²) in [6.07, 6.45) is 6.85. The van der Waals surface area contributed by atoms with E-state index in [4.69, 9.17) is 9.26 Å². The molecule has 0 amide bonds. The van der Waals surface area contributed by atoms with E-state index < -0.39 is 35.5 Å². The number of benzene rings is 3. The number of sulfone groups is 2. The fourth-order valence-corrected chi connectivity index (χ4v) is 12.5. The fraction of sp³-hybridized carbons (Fsp3) is 0.580. The molecule has 5 heterocycles. The Morgan fingerprint density at radius 1 is 0.641 bits per heavy atom. The molecule has 2 aliphatic heterocycles. The van der Waals surface area contributed by atoms with Gasteiger partial charge in [0.25, 0.3) is 0 Å². The molecule has 8 rings (SSSR count). The minimum absolute atomic E-state index is 0.00683. The third kappa shape index (κ3) is 25.5. The topological polar surface area (TPSA) is 229 Å². The lowest BCUT2D eigenvalue weighted by atomic mass is 9.84. The van der Waals surface area contributed by atoms with Crippen LogP contribution in [0.25, 0.3) is 0 Å². The van der Waals surface area contributed by atoms with Crippen LogP contribution in [0.5, 0.6) is 0 Å². The van der Waals surface area contributed by atoms with Crippen molar-refractivity contribution in [2.45, 2.75) is 232 Å². The molecule has 0 spiro atoms. The fourth-order valence-electron chi connectivity index (χ4n) is 9.69. The van der Waals surface area contributed by atoms with E-state index in [0.717, 1.165) is 65.9 Å². The maximum Gasteiger partial charge on any atom is 0.324 e. The number of thiazole rings is 1. The molecule has 23 heteroatoms. The van der Waals surface area contributed by atoms with E-state index in [1.165, 1.54) is 48.2 Å². The first-order valence-corrected chi connectivity index (χ1v) is 37.0. The Morgan fingerprint density at radius 2 is 1.15 bits per heavy atom. The van der Waals surface area contributed by atoms with Gasteiger partial charge in [0, 0.05) is 53.9 Å². The van der Waals surface area contributed by atoms with Crippen LogP contribution in [0.3, 0.4) is 0 Å². The Morgan fingerprint density at radius 3 is 1.53 bits per heavy atom. The number of nitrogens with zero attached hydrogens (tertiary/aromatic N) is 8. The summed E-state index contributed by atoms with van der Waals surface area (Å²) in [6.45, 7) is 49.6. The molecule has 0 bridgehead atoms. The highest BCUT2D eigenvalue weighted by molar-refractivity contribution is 7.91. The summed E-state index contributed by atoms with van der Waals surface area (Å²) >= 11 is 1.72. The Hall–Kier alpha value is -5.72. The van der Waals surface area contributed by atoms with Crippen molar-refractivity contribution < 1.29 is 43.3 Å². The van der Waals surface area contributed by atoms with Crippen LogP contribution in [-0.2, 0) is 61.5 Å². The predicted molar refractivity (Wildman–Crippen MR) is 371 cm³/mol. The number of ether oxygens (including phenoxy) is 1. The van der Waals surface area contributed by atoms with Gasteiger partial charge in [-0.15, -0.1) is 16.4 Å². The molecule has 2 aliphatic rings. The van der Waals surface area contributed by atoms with Crippen molar-refractivity contribution in [2.24, 2.45) is 21.4 Å². The van der Waals surface area contributed by atoms with E-state index in [-0.39, 0.29) is 48.4 Å². The number of pyridine rings is 1. The molecular formula is C69H105F2N9O8S4. The Bertz CT molecular complexity index is 3690. The van der Waals surface area contributed by atoms with E-state index in [2.05, 4.69) is 149 Å². The van der Waals surface area contributed by atoms with Crippen molar-refractivity contribution in [3.63, 3.8) is 0 Å². The number of halogens is 2.